The van der Waals surface area contributed by atoms with Crippen LogP contribution >= 0.6 is 0 Å². The molecule has 3 aromatic rings. The van der Waals surface area contributed by atoms with Crippen molar-refractivity contribution in [1.82, 2.24) is 19.8 Å². The summed E-state index contributed by atoms with van der Waals surface area (Å²) in [5.74, 6) is 1.37. The lowest BCUT2D eigenvalue weighted by Gasteiger charge is -2.21. The Kier molecular flexibility index (Phi) is 7.60. The second kappa shape index (κ2) is 11.0. The molecule has 0 radical (unpaired) electrons. The second-order valence-corrected chi connectivity index (χ2v) is 8.55. The molecule has 0 saturated carbocycles. The highest BCUT2D eigenvalue weighted by atomic mass is 16.5. The first-order chi connectivity index (χ1) is 16.1. The van der Waals surface area contributed by atoms with Crippen molar-refractivity contribution in [3.05, 3.63) is 60.4 Å². The van der Waals surface area contributed by atoms with Crippen molar-refractivity contribution in [2.45, 2.75) is 51.6 Å². The zero-order chi connectivity index (χ0) is 23.0. The predicted octanol–water partition coefficient (Wildman–Crippen LogP) is 4.09. The lowest BCUT2D eigenvalue weighted by Crippen LogP contribution is -2.34. The van der Waals surface area contributed by atoms with Crippen LogP contribution in [0.15, 0.2) is 54.6 Å². The summed E-state index contributed by atoms with van der Waals surface area (Å²) in [6, 6.07) is 16.8. The molecular weight excluding hydrogens is 416 g/mol. The van der Waals surface area contributed by atoms with Crippen LogP contribution in [0.1, 0.15) is 50.9 Å². The van der Waals surface area contributed by atoms with Gasteiger partial charge in [0, 0.05) is 26.1 Å². The van der Waals surface area contributed by atoms with Crippen molar-refractivity contribution >= 4 is 22.8 Å². The Hall–Kier alpha value is -3.35. The number of amides is 2. The van der Waals surface area contributed by atoms with Crippen molar-refractivity contribution in [2.75, 3.05) is 19.7 Å². The van der Waals surface area contributed by atoms with Gasteiger partial charge >= 0.3 is 0 Å². The van der Waals surface area contributed by atoms with Gasteiger partial charge in [0.15, 0.2) is 6.61 Å². The first-order valence-corrected chi connectivity index (χ1v) is 11.8. The molecule has 2 heterocycles. The number of carbonyl (C=O) groups excluding carboxylic acids is 2. The fourth-order valence-corrected chi connectivity index (χ4v) is 4.36. The number of rotatable bonds is 8. The SMILES string of the molecule is CC(NC(=O)COc1ccccc1)c1nc2ccccc2n1CCC(=O)N1CCCCCC1. The van der Waals surface area contributed by atoms with Gasteiger partial charge in [-0.1, -0.05) is 43.2 Å². The summed E-state index contributed by atoms with van der Waals surface area (Å²) < 4.78 is 7.62. The molecule has 1 fully saturated rings. The standard InChI is InChI=1S/C26H32N4O3/c1-20(27-24(31)19-33-21-11-5-4-6-12-21)26-28-22-13-7-8-14-23(22)30(26)18-15-25(32)29-16-9-2-3-10-17-29/h4-8,11-14,20H,2-3,9-10,15-19H2,1H3,(H,27,31). The molecule has 2 amide bonds. The van der Waals surface area contributed by atoms with E-state index in [2.05, 4.69) is 9.88 Å². The Labute approximate surface area is 194 Å². The summed E-state index contributed by atoms with van der Waals surface area (Å²) in [6.45, 7) is 4.08. The second-order valence-electron chi connectivity index (χ2n) is 8.55. The molecule has 0 spiro atoms. The molecule has 1 saturated heterocycles. The molecule has 1 aliphatic rings. The highest BCUT2D eigenvalue weighted by Crippen LogP contribution is 2.22. The van der Waals surface area contributed by atoms with Crippen LogP contribution in [-0.4, -0.2) is 46.0 Å². The number of carbonyl (C=O) groups is 2. The van der Waals surface area contributed by atoms with Crippen molar-refractivity contribution in [1.29, 1.82) is 0 Å². The highest BCUT2D eigenvalue weighted by Gasteiger charge is 2.21. The van der Waals surface area contributed by atoms with Gasteiger partial charge in [0.1, 0.15) is 11.6 Å². The van der Waals surface area contributed by atoms with Gasteiger partial charge in [0.2, 0.25) is 5.91 Å². The minimum atomic E-state index is -0.322. The Bertz CT molecular complexity index is 1070. The molecule has 1 aromatic heterocycles. The fourth-order valence-electron chi connectivity index (χ4n) is 4.36. The minimum absolute atomic E-state index is 0.0674. The number of aromatic nitrogens is 2. The number of para-hydroxylation sites is 3. The van der Waals surface area contributed by atoms with E-state index in [0.717, 1.165) is 42.8 Å². The number of likely N-dealkylation sites (tertiary alicyclic amines) is 1. The molecule has 1 aliphatic heterocycles. The molecule has 0 bridgehead atoms. The largest absolute Gasteiger partial charge is 0.484 e. The number of hydrogen-bond acceptors (Lipinski definition) is 4. The lowest BCUT2D eigenvalue weighted by atomic mass is 10.2. The molecule has 7 nitrogen and oxygen atoms in total. The summed E-state index contributed by atoms with van der Waals surface area (Å²) in [5, 5.41) is 2.98. The average Bonchev–Trinajstić information content (AvgIpc) is 3.00. The predicted molar refractivity (Wildman–Crippen MR) is 128 cm³/mol. The van der Waals surface area contributed by atoms with E-state index < -0.39 is 0 Å². The molecule has 4 rings (SSSR count). The third kappa shape index (κ3) is 5.92. The Morgan fingerprint density at radius 2 is 1.70 bits per heavy atom. The summed E-state index contributed by atoms with van der Waals surface area (Å²) >= 11 is 0. The highest BCUT2D eigenvalue weighted by molar-refractivity contribution is 5.79. The third-order valence-electron chi connectivity index (χ3n) is 6.07. The van der Waals surface area contributed by atoms with E-state index in [1.165, 1.54) is 12.8 Å². The first-order valence-electron chi connectivity index (χ1n) is 11.8. The van der Waals surface area contributed by atoms with Gasteiger partial charge in [-0.3, -0.25) is 9.59 Å². The number of benzene rings is 2. The van der Waals surface area contributed by atoms with Crippen molar-refractivity contribution in [3.8, 4) is 5.75 Å². The average molecular weight is 449 g/mol. The maximum atomic E-state index is 12.9. The molecule has 33 heavy (non-hydrogen) atoms. The molecule has 2 aromatic carbocycles. The number of nitrogens with one attached hydrogen (secondary N) is 1. The number of nitrogens with zero attached hydrogens (tertiary/aromatic N) is 3. The molecule has 0 aliphatic carbocycles. The molecule has 174 valence electrons. The van der Waals surface area contributed by atoms with Gasteiger partial charge in [-0.05, 0) is 44.0 Å². The summed E-state index contributed by atoms with van der Waals surface area (Å²) in [7, 11) is 0. The lowest BCUT2D eigenvalue weighted by molar-refractivity contribution is -0.131. The van der Waals surface area contributed by atoms with E-state index >= 15 is 0 Å². The van der Waals surface area contributed by atoms with E-state index in [1.54, 1.807) is 0 Å². The van der Waals surface area contributed by atoms with E-state index in [9.17, 15) is 9.59 Å². The smallest absolute Gasteiger partial charge is 0.258 e. The van der Waals surface area contributed by atoms with Gasteiger partial charge < -0.3 is 19.5 Å². The number of hydrogen-bond donors (Lipinski definition) is 1. The van der Waals surface area contributed by atoms with Crippen LogP contribution < -0.4 is 10.1 Å². The van der Waals surface area contributed by atoms with Crippen LogP contribution in [0.3, 0.4) is 0 Å². The number of fused-ring (bicyclic) bond motifs is 1. The summed E-state index contributed by atoms with van der Waals surface area (Å²) in [4.78, 5) is 32.1. The van der Waals surface area contributed by atoms with Gasteiger partial charge in [0.25, 0.3) is 5.91 Å². The Morgan fingerprint density at radius 3 is 2.45 bits per heavy atom. The molecule has 1 atom stereocenters. The number of aryl methyl sites for hydroxylation is 1. The third-order valence-corrected chi connectivity index (χ3v) is 6.07. The van der Waals surface area contributed by atoms with Crippen LogP contribution in [0.25, 0.3) is 11.0 Å². The zero-order valence-electron chi connectivity index (χ0n) is 19.2. The van der Waals surface area contributed by atoms with E-state index in [0.29, 0.717) is 18.7 Å². The normalized spacial score (nSPS) is 15.1. The monoisotopic (exact) mass is 448 g/mol. The van der Waals surface area contributed by atoms with Crippen LogP contribution in [0.2, 0.25) is 0 Å². The molecule has 1 unspecified atom stereocenters. The molecular formula is C26H32N4O3. The maximum absolute atomic E-state index is 12.9. The van der Waals surface area contributed by atoms with Gasteiger partial charge in [-0.2, -0.15) is 0 Å². The summed E-state index contributed by atoms with van der Waals surface area (Å²) in [5.41, 5.74) is 1.83. The Morgan fingerprint density at radius 1 is 1.00 bits per heavy atom. The van der Waals surface area contributed by atoms with Gasteiger partial charge in [0.05, 0.1) is 17.1 Å². The maximum Gasteiger partial charge on any atom is 0.258 e. The van der Waals surface area contributed by atoms with Crippen LogP contribution in [0, 0.1) is 0 Å². The molecule has 7 heteroatoms. The van der Waals surface area contributed by atoms with Crippen LogP contribution in [-0.2, 0) is 16.1 Å². The van der Waals surface area contributed by atoms with Gasteiger partial charge in [-0.15, -0.1) is 0 Å². The van der Waals surface area contributed by atoms with Gasteiger partial charge in [-0.25, -0.2) is 4.98 Å². The van der Waals surface area contributed by atoms with Crippen LogP contribution in [0.5, 0.6) is 5.75 Å². The van der Waals surface area contributed by atoms with E-state index in [-0.39, 0.29) is 24.5 Å². The molecule has 1 N–H and O–H groups in total. The fraction of sp³-hybridized carbons (Fsp3) is 0.423. The van der Waals surface area contributed by atoms with Crippen molar-refractivity contribution in [2.24, 2.45) is 0 Å². The number of imidazole rings is 1. The number of ether oxygens (including phenoxy) is 1. The minimum Gasteiger partial charge on any atom is -0.484 e. The topological polar surface area (TPSA) is 76.5 Å². The Balaban J connectivity index is 1.43. The van der Waals surface area contributed by atoms with Crippen LogP contribution in [0.4, 0.5) is 0 Å². The first kappa shape index (κ1) is 22.8. The van der Waals surface area contributed by atoms with Crippen molar-refractivity contribution < 1.29 is 14.3 Å². The quantitative estimate of drug-likeness (QED) is 0.563. The van der Waals surface area contributed by atoms with Crippen molar-refractivity contribution in [3.63, 3.8) is 0 Å². The zero-order valence-corrected chi connectivity index (χ0v) is 19.2. The van der Waals surface area contributed by atoms with E-state index in [4.69, 9.17) is 9.72 Å². The van der Waals surface area contributed by atoms with E-state index in [1.807, 2.05) is 66.4 Å². The summed E-state index contributed by atoms with van der Waals surface area (Å²) in [6.07, 6.45) is 4.99.